The second-order valence-electron chi connectivity index (χ2n) is 6.23. The van der Waals surface area contributed by atoms with Crippen molar-refractivity contribution >= 4 is 11.9 Å². The number of hydrogen-bond acceptors (Lipinski definition) is 5. The largest absolute Gasteiger partial charge is 0.457 e. The van der Waals surface area contributed by atoms with Gasteiger partial charge in [-0.25, -0.2) is 9.59 Å². The fourth-order valence-electron chi connectivity index (χ4n) is 2.53. The second kappa shape index (κ2) is 15.0. The maximum Gasteiger partial charge on any atom is 0.343 e. The SMILES string of the molecule is C.C.C=CC(=O)OCOc1ccc(-c2ccc(C(=O)Oc3ccc(C)cc3)cc2)cc1.CC. The van der Waals surface area contributed by atoms with Gasteiger partial charge in [-0.3, -0.25) is 0 Å². The lowest BCUT2D eigenvalue weighted by molar-refractivity contribution is -0.144. The van der Waals surface area contributed by atoms with Gasteiger partial charge in [0.15, 0.2) is 0 Å². The first kappa shape index (κ1) is 29.1. The normalized spacial score (nSPS) is 9.06. The summed E-state index contributed by atoms with van der Waals surface area (Å²) in [5.74, 6) is 0.142. The quantitative estimate of drug-likeness (QED) is 0.164. The van der Waals surface area contributed by atoms with Crippen LogP contribution in [0.15, 0.2) is 85.5 Å². The Morgan fingerprint density at radius 2 is 1.27 bits per heavy atom. The summed E-state index contributed by atoms with van der Waals surface area (Å²) in [5.41, 5.74) is 3.47. The number of carbonyl (C=O) groups is 2. The molecule has 0 bridgehead atoms. The fraction of sp³-hybridized carbons (Fsp3) is 0.214. The highest BCUT2D eigenvalue weighted by Gasteiger charge is 2.09. The number of benzene rings is 3. The van der Waals surface area contributed by atoms with Gasteiger partial charge >= 0.3 is 11.9 Å². The number of hydrogen-bond donors (Lipinski definition) is 0. The van der Waals surface area contributed by atoms with Crippen molar-refractivity contribution in [1.82, 2.24) is 0 Å². The van der Waals surface area contributed by atoms with Crippen LogP contribution in [0, 0.1) is 6.92 Å². The Kier molecular flexibility index (Phi) is 13.3. The average Bonchev–Trinajstić information content (AvgIpc) is 2.82. The van der Waals surface area contributed by atoms with Crippen LogP contribution in [0.2, 0.25) is 0 Å². The van der Waals surface area contributed by atoms with E-state index < -0.39 is 11.9 Å². The molecule has 5 nitrogen and oxygen atoms in total. The van der Waals surface area contributed by atoms with E-state index in [1.807, 2.05) is 57.2 Å². The Bertz CT molecular complexity index is 988. The zero-order valence-electron chi connectivity index (χ0n) is 18.0. The Balaban J connectivity index is 0.00000249. The lowest BCUT2D eigenvalue weighted by atomic mass is 10.0. The maximum atomic E-state index is 12.3. The molecule has 0 radical (unpaired) electrons. The Labute approximate surface area is 197 Å². The predicted molar refractivity (Wildman–Crippen MR) is 135 cm³/mol. The molecule has 0 amide bonds. The van der Waals surface area contributed by atoms with Gasteiger partial charge in [0.2, 0.25) is 6.79 Å². The molecule has 176 valence electrons. The molecule has 3 aromatic rings. The van der Waals surface area contributed by atoms with Crippen molar-refractivity contribution in [3.8, 4) is 22.6 Å². The van der Waals surface area contributed by atoms with Crippen molar-refractivity contribution in [3.63, 3.8) is 0 Å². The topological polar surface area (TPSA) is 61.8 Å². The van der Waals surface area contributed by atoms with Gasteiger partial charge in [-0.05, 0) is 54.4 Å². The third-order valence-electron chi connectivity index (χ3n) is 4.13. The monoisotopic (exact) mass is 450 g/mol. The van der Waals surface area contributed by atoms with Gasteiger partial charge in [-0.2, -0.15) is 0 Å². The standard InChI is InChI=1S/C24H20O5.C2H6.2CH4/c1-3-23(25)28-16-27-21-14-10-19(11-15-21)18-6-8-20(9-7-18)24(26)29-22-12-4-17(2)5-13-22;1-2;;/h3-15H,1,16H2,2H3;1-2H3;2*1H4. The molecule has 33 heavy (non-hydrogen) atoms. The summed E-state index contributed by atoms with van der Waals surface area (Å²) in [5, 5.41) is 0. The van der Waals surface area contributed by atoms with Crippen LogP contribution in [0.1, 0.15) is 44.6 Å². The first-order chi connectivity index (χ1) is 15.0. The van der Waals surface area contributed by atoms with E-state index in [-0.39, 0.29) is 21.6 Å². The molecular weight excluding hydrogens is 416 g/mol. The van der Waals surface area contributed by atoms with Crippen LogP contribution in [0.5, 0.6) is 11.5 Å². The summed E-state index contributed by atoms with van der Waals surface area (Å²) < 4.78 is 15.5. The summed E-state index contributed by atoms with van der Waals surface area (Å²) >= 11 is 0. The van der Waals surface area contributed by atoms with Gasteiger partial charge in [-0.15, -0.1) is 0 Å². The molecule has 0 aliphatic heterocycles. The molecule has 0 unspecified atom stereocenters. The predicted octanol–water partition coefficient (Wildman–Crippen LogP) is 7.25. The van der Waals surface area contributed by atoms with Crippen LogP contribution in [-0.2, 0) is 9.53 Å². The van der Waals surface area contributed by atoms with Gasteiger partial charge in [-0.1, -0.05) is 77.2 Å². The highest BCUT2D eigenvalue weighted by Crippen LogP contribution is 2.23. The first-order valence-corrected chi connectivity index (χ1v) is 9.96. The number of carbonyl (C=O) groups excluding carboxylic acids is 2. The molecular formula is C28H34O5. The summed E-state index contributed by atoms with van der Waals surface area (Å²) in [6.07, 6.45) is 1.08. The maximum absolute atomic E-state index is 12.3. The minimum absolute atomic E-state index is 0. The summed E-state index contributed by atoms with van der Waals surface area (Å²) in [4.78, 5) is 23.3. The molecule has 0 saturated carbocycles. The molecule has 0 fully saturated rings. The van der Waals surface area contributed by atoms with Gasteiger partial charge in [0.25, 0.3) is 0 Å². The lowest BCUT2D eigenvalue weighted by Gasteiger charge is -2.08. The van der Waals surface area contributed by atoms with Gasteiger partial charge in [0.1, 0.15) is 11.5 Å². The second-order valence-corrected chi connectivity index (χ2v) is 6.23. The minimum atomic E-state index is -0.539. The molecule has 3 aromatic carbocycles. The summed E-state index contributed by atoms with van der Waals surface area (Å²) in [6.45, 7) is 9.11. The highest BCUT2D eigenvalue weighted by molar-refractivity contribution is 5.91. The lowest BCUT2D eigenvalue weighted by Crippen LogP contribution is -2.08. The van der Waals surface area contributed by atoms with E-state index in [0.717, 1.165) is 22.8 Å². The van der Waals surface area contributed by atoms with Crippen molar-refractivity contribution in [2.24, 2.45) is 0 Å². The Morgan fingerprint density at radius 3 is 1.79 bits per heavy atom. The van der Waals surface area contributed by atoms with Crippen molar-refractivity contribution < 1.29 is 23.8 Å². The molecule has 0 spiro atoms. The highest BCUT2D eigenvalue weighted by atomic mass is 16.7. The van der Waals surface area contributed by atoms with Crippen LogP contribution < -0.4 is 9.47 Å². The molecule has 3 rings (SSSR count). The summed E-state index contributed by atoms with van der Waals surface area (Å²) in [6, 6.07) is 21.8. The van der Waals surface area contributed by atoms with Gasteiger partial charge in [0, 0.05) is 6.08 Å². The van der Waals surface area contributed by atoms with E-state index in [0.29, 0.717) is 17.1 Å². The van der Waals surface area contributed by atoms with E-state index >= 15 is 0 Å². The minimum Gasteiger partial charge on any atom is -0.457 e. The third kappa shape index (κ3) is 9.03. The Hall–Kier alpha value is -3.86. The van der Waals surface area contributed by atoms with Crippen LogP contribution in [0.4, 0.5) is 0 Å². The van der Waals surface area contributed by atoms with Crippen molar-refractivity contribution in [2.45, 2.75) is 35.6 Å². The smallest absolute Gasteiger partial charge is 0.343 e. The number of rotatable bonds is 7. The van der Waals surface area contributed by atoms with Crippen molar-refractivity contribution in [2.75, 3.05) is 6.79 Å². The van der Waals surface area contributed by atoms with E-state index in [4.69, 9.17) is 14.2 Å². The van der Waals surface area contributed by atoms with Gasteiger partial charge in [0.05, 0.1) is 5.56 Å². The van der Waals surface area contributed by atoms with E-state index in [9.17, 15) is 9.59 Å². The molecule has 0 aliphatic rings. The van der Waals surface area contributed by atoms with Crippen LogP contribution >= 0.6 is 0 Å². The average molecular weight is 451 g/mol. The molecule has 0 heterocycles. The van der Waals surface area contributed by atoms with E-state index in [1.54, 1.807) is 36.4 Å². The molecule has 0 atom stereocenters. The zero-order valence-corrected chi connectivity index (χ0v) is 18.0. The summed E-state index contributed by atoms with van der Waals surface area (Å²) in [7, 11) is 0. The zero-order chi connectivity index (χ0) is 22.6. The van der Waals surface area contributed by atoms with Gasteiger partial charge < -0.3 is 14.2 Å². The number of esters is 2. The Morgan fingerprint density at radius 1 is 0.788 bits per heavy atom. The van der Waals surface area contributed by atoms with E-state index in [2.05, 4.69) is 6.58 Å². The molecule has 0 N–H and O–H groups in total. The first-order valence-electron chi connectivity index (χ1n) is 9.96. The van der Waals surface area contributed by atoms with Crippen molar-refractivity contribution in [1.29, 1.82) is 0 Å². The van der Waals surface area contributed by atoms with Crippen LogP contribution in [0.3, 0.4) is 0 Å². The third-order valence-corrected chi connectivity index (χ3v) is 4.13. The molecule has 0 saturated heterocycles. The number of ether oxygens (including phenoxy) is 3. The van der Waals surface area contributed by atoms with Crippen LogP contribution in [0.25, 0.3) is 11.1 Å². The van der Waals surface area contributed by atoms with Crippen LogP contribution in [-0.4, -0.2) is 18.7 Å². The molecule has 5 heteroatoms. The number of aryl methyl sites for hydroxylation is 1. The van der Waals surface area contributed by atoms with Crippen molar-refractivity contribution in [3.05, 3.63) is 96.6 Å². The van der Waals surface area contributed by atoms with E-state index in [1.165, 1.54) is 0 Å². The molecule has 0 aromatic heterocycles. The molecule has 0 aliphatic carbocycles. The fourth-order valence-corrected chi connectivity index (χ4v) is 2.53.